The second-order valence-electron chi connectivity index (χ2n) is 4.30. The summed E-state index contributed by atoms with van der Waals surface area (Å²) in [5, 5.41) is 10.7. The minimum Gasteiger partial charge on any atom is -0.484 e. The van der Waals surface area contributed by atoms with Crippen molar-refractivity contribution < 1.29 is 14.1 Å². The molecule has 2 heterocycles. The number of ether oxygens (including phenoxy) is 1. The highest BCUT2D eigenvalue weighted by Crippen LogP contribution is 2.25. The van der Waals surface area contributed by atoms with E-state index < -0.39 is 5.91 Å². The number of primary amides is 1. The molecule has 3 N–H and O–H groups in total. The fraction of sp³-hybridized carbons (Fsp3) is 0.0769. The van der Waals surface area contributed by atoms with E-state index >= 15 is 0 Å². The van der Waals surface area contributed by atoms with Gasteiger partial charge in [0.1, 0.15) is 11.4 Å². The summed E-state index contributed by atoms with van der Waals surface area (Å²) >= 11 is 2.13. The third-order valence-corrected chi connectivity index (χ3v) is 3.54. The van der Waals surface area contributed by atoms with E-state index in [0.29, 0.717) is 23.2 Å². The van der Waals surface area contributed by atoms with Crippen LogP contribution < -0.4 is 10.5 Å². The van der Waals surface area contributed by atoms with E-state index in [9.17, 15) is 4.79 Å². The maximum atomic E-state index is 10.7. The van der Waals surface area contributed by atoms with Gasteiger partial charge < -0.3 is 15.0 Å². The van der Waals surface area contributed by atoms with Gasteiger partial charge in [-0.25, -0.2) is 0 Å². The number of halogens is 1. The summed E-state index contributed by atoms with van der Waals surface area (Å²) in [5.74, 6) is 0.822. The minimum absolute atomic E-state index is 0.163. The van der Waals surface area contributed by atoms with Gasteiger partial charge in [-0.3, -0.25) is 9.89 Å². The number of H-pyrrole nitrogens is 1. The Morgan fingerprint density at radius 1 is 1.36 bits per heavy atom. The molecule has 8 nitrogen and oxygen atoms in total. The summed E-state index contributed by atoms with van der Waals surface area (Å²) in [6.45, 7) is -0.163. The molecule has 1 amide bonds. The van der Waals surface area contributed by atoms with Gasteiger partial charge in [-0.2, -0.15) is 10.1 Å². The maximum Gasteiger partial charge on any atom is 0.277 e. The first-order valence-corrected chi connectivity index (χ1v) is 7.26. The van der Waals surface area contributed by atoms with Gasteiger partial charge in [-0.15, -0.1) is 0 Å². The average Bonchev–Trinajstić information content (AvgIpc) is 3.14. The number of aromatic amines is 1. The van der Waals surface area contributed by atoms with Gasteiger partial charge in [0.15, 0.2) is 6.61 Å². The second-order valence-corrected chi connectivity index (χ2v) is 5.46. The molecule has 0 spiro atoms. The molecule has 0 fully saturated rings. The largest absolute Gasteiger partial charge is 0.484 e. The van der Waals surface area contributed by atoms with Crippen molar-refractivity contribution in [3.63, 3.8) is 0 Å². The number of hydrogen-bond acceptors (Lipinski definition) is 6. The number of nitrogens with one attached hydrogen (secondary N) is 1. The Labute approximate surface area is 138 Å². The van der Waals surface area contributed by atoms with Gasteiger partial charge in [0.05, 0.1) is 9.77 Å². The van der Waals surface area contributed by atoms with Crippen LogP contribution in [0.25, 0.3) is 23.0 Å². The zero-order valence-electron chi connectivity index (χ0n) is 11.1. The number of nitrogens with zero attached hydrogens (tertiary/aromatic N) is 3. The molecule has 0 saturated carbocycles. The topological polar surface area (TPSA) is 120 Å². The summed E-state index contributed by atoms with van der Waals surface area (Å²) in [4.78, 5) is 15.0. The smallest absolute Gasteiger partial charge is 0.277 e. The van der Waals surface area contributed by atoms with Crippen molar-refractivity contribution in [2.45, 2.75) is 0 Å². The molecule has 0 aliphatic rings. The van der Waals surface area contributed by atoms with Gasteiger partial charge >= 0.3 is 0 Å². The molecule has 1 aromatic carbocycles. The van der Waals surface area contributed by atoms with Gasteiger partial charge in [-0.1, -0.05) is 5.16 Å². The molecule has 0 radical (unpaired) electrons. The van der Waals surface area contributed by atoms with Crippen molar-refractivity contribution in [2.24, 2.45) is 5.73 Å². The average molecular weight is 411 g/mol. The SMILES string of the molecule is NC(=O)COc1ccc(-c2noc(-c3[nH]ncc3I)n2)cc1. The zero-order valence-corrected chi connectivity index (χ0v) is 13.3. The number of amides is 1. The van der Waals surface area contributed by atoms with Crippen molar-refractivity contribution in [2.75, 3.05) is 6.61 Å². The standard InChI is InChI=1S/C13H10IN5O3/c14-9-5-16-18-11(9)13-17-12(19-22-13)7-1-3-8(4-2-7)21-6-10(15)20/h1-5H,6H2,(H2,15,20)(H,16,18). The molecule has 9 heteroatoms. The summed E-state index contributed by atoms with van der Waals surface area (Å²) in [6, 6.07) is 6.94. The first kappa shape index (κ1) is 14.5. The van der Waals surface area contributed by atoms with E-state index in [1.165, 1.54) is 0 Å². The van der Waals surface area contributed by atoms with E-state index in [0.717, 1.165) is 9.13 Å². The number of benzene rings is 1. The van der Waals surface area contributed by atoms with Crippen LogP contribution in [0.5, 0.6) is 5.75 Å². The Kier molecular flexibility index (Phi) is 4.04. The third kappa shape index (κ3) is 3.08. The first-order chi connectivity index (χ1) is 10.6. The van der Waals surface area contributed by atoms with Crippen LogP contribution >= 0.6 is 22.6 Å². The predicted molar refractivity (Wildman–Crippen MR) is 84.7 cm³/mol. The normalized spacial score (nSPS) is 10.6. The Morgan fingerprint density at radius 3 is 2.77 bits per heavy atom. The molecule has 22 heavy (non-hydrogen) atoms. The van der Waals surface area contributed by atoms with Crippen LogP contribution in [0.15, 0.2) is 35.0 Å². The van der Waals surface area contributed by atoms with Crippen LogP contribution in [0.1, 0.15) is 0 Å². The highest BCUT2D eigenvalue weighted by atomic mass is 127. The van der Waals surface area contributed by atoms with E-state index in [-0.39, 0.29) is 6.61 Å². The molecule has 112 valence electrons. The van der Waals surface area contributed by atoms with Crippen molar-refractivity contribution in [1.82, 2.24) is 20.3 Å². The molecule has 0 atom stereocenters. The third-order valence-electron chi connectivity index (χ3n) is 2.73. The van der Waals surface area contributed by atoms with Crippen molar-refractivity contribution in [1.29, 1.82) is 0 Å². The number of rotatable bonds is 5. The van der Waals surface area contributed by atoms with Gasteiger partial charge in [-0.05, 0) is 46.9 Å². The Bertz CT molecular complexity index is 796. The summed E-state index contributed by atoms with van der Waals surface area (Å²) in [5.41, 5.74) is 6.46. The highest BCUT2D eigenvalue weighted by molar-refractivity contribution is 14.1. The monoisotopic (exact) mass is 411 g/mol. The highest BCUT2D eigenvalue weighted by Gasteiger charge is 2.14. The minimum atomic E-state index is -0.527. The number of carbonyl (C=O) groups is 1. The lowest BCUT2D eigenvalue weighted by Gasteiger charge is -2.03. The molecule has 2 aromatic heterocycles. The fourth-order valence-corrected chi connectivity index (χ4v) is 2.21. The van der Waals surface area contributed by atoms with Crippen LogP contribution in [-0.2, 0) is 4.79 Å². The molecule has 0 aliphatic carbocycles. The molecule has 0 saturated heterocycles. The van der Waals surface area contributed by atoms with Crippen molar-refractivity contribution in [3.05, 3.63) is 34.0 Å². The number of hydrogen-bond donors (Lipinski definition) is 2. The lowest BCUT2D eigenvalue weighted by atomic mass is 10.2. The Morgan fingerprint density at radius 2 is 2.14 bits per heavy atom. The summed E-state index contributed by atoms with van der Waals surface area (Å²) in [6.07, 6.45) is 1.67. The second kappa shape index (κ2) is 6.13. The molecular weight excluding hydrogens is 401 g/mol. The molecule has 0 bridgehead atoms. The van der Waals surface area contributed by atoms with Gasteiger partial charge in [0.2, 0.25) is 5.82 Å². The lowest BCUT2D eigenvalue weighted by Crippen LogP contribution is -2.19. The number of nitrogens with two attached hydrogens (primary N) is 1. The molecule has 0 aliphatic heterocycles. The predicted octanol–water partition coefficient (Wildman–Crippen LogP) is 1.60. The van der Waals surface area contributed by atoms with Gasteiger partial charge in [0, 0.05) is 5.56 Å². The van der Waals surface area contributed by atoms with E-state index in [1.54, 1.807) is 30.5 Å². The molecular formula is C13H10IN5O3. The van der Waals surface area contributed by atoms with Crippen LogP contribution in [0.3, 0.4) is 0 Å². The van der Waals surface area contributed by atoms with Crippen molar-refractivity contribution in [3.8, 4) is 28.7 Å². The van der Waals surface area contributed by atoms with Crippen LogP contribution in [-0.4, -0.2) is 32.9 Å². The molecule has 0 unspecified atom stereocenters. The fourth-order valence-electron chi connectivity index (χ4n) is 1.72. The molecule has 3 aromatic rings. The molecule has 3 rings (SSSR count). The first-order valence-electron chi connectivity index (χ1n) is 6.18. The van der Waals surface area contributed by atoms with Gasteiger partial charge in [0.25, 0.3) is 11.8 Å². The summed E-state index contributed by atoms with van der Waals surface area (Å²) in [7, 11) is 0. The summed E-state index contributed by atoms with van der Waals surface area (Å²) < 4.78 is 11.3. The van der Waals surface area contributed by atoms with Crippen molar-refractivity contribution >= 4 is 28.5 Å². The van der Waals surface area contributed by atoms with E-state index in [1.807, 2.05) is 0 Å². The van der Waals surface area contributed by atoms with Crippen LogP contribution in [0.2, 0.25) is 0 Å². The number of carbonyl (C=O) groups excluding carboxylic acids is 1. The number of aromatic nitrogens is 4. The van der Waals surface area contributed by atoms with E-state index in [2.05, 4.69) is 42.9 Å². The van der Waals surface area contributed by atoms with Crippen LogP contribution in [0.4, 0.5) is 0 Å². The lowest BCUT2D eigenvalue weighted by molar-refractivity contribution is -0.119. The van der Waals surface area contributed by atoms with E-state index in [4.69, 9.17) is 15.0 Å². The van der Waals surface area contributed by atoms with Crippen LogP contribution in [0, 0.1) is 3.57 Å². The Balaban J connectivity index is 1.79. The Hall–Kier alpha value is -2.43. The zero-order chi connectivity index (χ0) is 15.5. The maximum absolute atomic E-state index is 10.7. The quantitative estimate of drug-likeness (QED) is 0.616.